The van der Waals surface area contributed by atoms with Gasteiger partial charge in [0.25, 0.3) is 0 Å². The zero-order valence-corrected chi connectivity index (χ0v) is 7.04. The molecular weight excluding hydrogens is 188 g/mol. The van der Waals surface area contributed by atoms with Gasteiger partial charge in [-0.15, -0.1) is 0 Å². The van der Waals surface area contributed by atoms with Crippen molar-refractivity contribution in [3.8, 4) is 5.75 Å². The molecule has 0 bridgehead atoms. The zero-order valence-electron chi connectivity index (χ0n) is 7.04. The van der Waals surface area contributed by atoms with Gasteiger partial charge in [0.2, 0.25) is 0 Å². The Hall–Kier alpha value is -1.59. The van der Waals surface area contributed by atoms with Crippen molar-refractivity contribution in [2.75, 3.05) is 0 Å². The molecule has 0 amide bonds. The van der Waals surface area contributed by atoms with Crippen molar-refractivity contribution in [1.29, 1.82) is 0 Å². The molecule has 0 saturated carbocycles. The standard InChI is InChI=1S/C9H8O5/c10-6-2-4(7-9(13)14-7)1-5(3-6)8(11)12/h1-3,7,9-10,13H,(H,11,12). The molecule has 1 aliphatic rings. The van der Waals surface area contributed by atoms with Crippen LogP contribution in [0, 0.1) is 0 Å². The number of phenolic OH excluding ortho intramolecular Hbond substituents is 1. The lowest BCUT2D eigenvalue weighted by Crippen LogP contribution is -1.97. The number of carboxylic acid groups (broad SMARTS) is 1. The number of carboxylic acids is 1. The highest BCUT2D eigenvalue weighted by molar-refractivity contribution is 5.88. The van der Waals surface area contributed by atoms with Gasteiger partial charge in [0.1, 0.15) is 11.9 Å². The first-order valence-electron chi connectivity index (χ1n) is 3.99. The van der Waals surface area contributed by atoms with E-state index in [4.69, 9.17) is 14.9 Å². The maximum absolute atomic E-state index is 10.6. The Morgan fingerprint density at radius 2 is 2.00 bits per heavy atom. The molecule has 5 nitrogen and oxygen atoms in total. The van der Waals surface area contributed by atoms with E-state index in [0.717, 1.165) is 6.07 Å². The lowest BCUT2D eigenvalue weighted by Gasteiger charge is -2.00. The number of aliphatic hydroxyl groups is 1. The van der Waals surface area contributed by atoms with Crippen LogP contribution in [-0.4, -0.2) is 27.6 Å². The fourth-order valence-corrected chi connectivity index (χ4v) is 1.27. The first-order chi connectivity index (χ1) is 6.58. The quantitative estimate of drug-likeness (QED) is 0.598. The van der Waals surface area contributed by atoms with E-state index in [1.54, 1.807) is 0 Å². The number of carbonyl (C=O) groups is 1. The number of aromatic carboxylic acids is 1. The molecule has 1 heterocycles. The summed E-state index contributed by atoms with van der Waals surface area (Å²) in [5.74, 6) is -1.28. The number of hydrogen-bond donors (Lipinski definition) is 3. The SMILES string of the molecule is O=C(O)c1cc(O)cc(C2OC2O)c1. The maximum atomic E-state index is 10.6. The van der Waals surface area contributed by atoms with Crippen LogP contribution in [0.25, 0.3) is 0 Å². The number of benzene rings is 1. The minimum atomic E-state index is -1.13. The van der Waals surface area contributed by atoms with E-state index in [1.165, 1.54) is 12.1 Å². The molecule has 1 aliphatic heterocycles. The third-order valence-corrected chi connectivity index (χ3v) is 1.98. The fraction of sp³-hybridized carbons (Fsp3) is 0.222. The number of epoxide rings is 1. The predicted molar refractivity (Wildman–Crippen MR) is 44.9 cm³/mol. The summed E-state index contributed by atoms with van der Waals surface area (Å²) in [5.41, 5.74) is 0.442. The van der Waals surface area contributed by atoms with E-state index in [1.807, 2.05) is 0 Å². The molecule has 1 aromatic carbocycles. The summed E-state index contributed by atoms with van der Waals surface area (Å²) in [6.07, 6.45) is -1.40. The first-order valence-corrected chi connectivity index (χ1v) is 3.99. The van der Waals surface area contributed by atoms with E-state index >= 15 is 0 Å². The van der Waals surface area contributed by atoms with Crippen molar-refractivity contribution in [2.24, 2.45) is 0 Å². The summed E-state index contributed by atoms with van der Waals surface area (Å²) in [6.45, 7) is 0. The highest BCUT2D eigenvalue weighted by Crippen LogP contribution is 2.38. The van der Waals surface area contributed by atoms with Crippen molar-refractivity contribution in [1.82, 2.24) is 0 Å². The van der Waals surface area contributed by atoms with Crippen molar-refractivity contribution in [3.05, 3.63) is 29.3 Å². The Morgan fingerprint density at radius 3 is 2.50 bits per heavy atom. The molecule has 2 unspecified atom stereocenters. The van der Waals surface area contributed by atoms with Crippen LogP contribution in [0.15, 0.2) is 18.2 Å². The maximum Gasteiger partial charge on any atom is 0.335 e. The molecule has 2 atom stereocenters. The molecule has 74 valence electrons. The second-order valence-electron chi connectivity index (χ2n) is 3.07. The average Bonchev–Trinajstić information content (AvgIpc) is 2.81. The molecule has 0 aromatic heterocycles. The molecule has 1 fully saturated rings. The zero-order chi connectivity index (χ0) is 10.3. The molecule has 1 saturated heterocycles. The van der Waals surface area contributed by atoms with Crippen LogP contribution in [0.4, 0.5) is 0 Å². The Balaban J connectivity index is 2.37. The Kier molecular flexibility index (Phi) is 1.90. The van der Waals surface area contributed by atoms with E-state index in [0.29, 0.717) is 5.56 Å². The van der Waals surface area contributed by atoms with E-state index in [9.17, 15) is 9.90 Å². The topological polar surface area (TPSA) is 90.3 Å². The van der Waals surface area contributed by atoms with Crippen molar-refractivity contribution >= 4 is 5.97 Å². The van der Waals surface area contributed by atoms with Gasteiger partial charge in [0, 0.05) is 0 Å². The van der Waals surface area contributed by atoms with Crippen LogP contribution in [0.3, 0.4) is 0 Å². The van der Waals surface area contributed by atoms with Crippen LogP contribution < -0.4 is 0 Å². The van der Waals surface area contributed by atoms with Gasteiger partial charge in [-0.25, -0.2) is 4.79 Å². The number of ether oxygens (including phenoxy) is 1. The van der Waals surface area contributed by atoms with Gasteiger partial charge < -0.3 is 20.1 Å². The van der Waals surface area contributed by atoms with Gasteiger partial charge in [-0.05, 0) is 23.8 Å². The minimum Gasteiger partial charge on any atom is -0.508 e. The summed E-state index contributed by atoms with van der Waals surface area (Å²) in [6, 6.07) is 3.87. The highest BCUT2D eigenvalue weighted by Gasteiger charge is 2.39. The second kappa shape index (κ2) is 2.97. The molecule has 5 heteroatoms. The number of rotatable bonds is 2. The average molecular weight is 196 g/mol. The highest BCUT2D eigenvalue weighted by atomic mass is 16.7. The van der Waals surface area contributed by atoms with Crippen molar-refractivity contribution in [2.45, 2.75) is 12.4 Å². The van der Waals surface area contributed by atoms with Crippen molar-refractivity contribution < 1.29 is 24.9 Å². The lowest BCUT2D eigenvalue weighted by molar-refractivity contribution is 0.0696. The first kappa shape index (κ1) is 8.98. The summed E-state index contributed by atoms with van der Waals surface area (Å²) >= 11 is 0. The van der Waals surface area contributed by atoms with Gasteiger partial charge in [0.15, 0.2) is 6.29 Å². The van der Waals surface area contributed by atoms with Gasteiger partial charge in [-0.1, -0.05) is 0 Å². The van der Waals surface area contributed by atoms with E-state index < -0.39 is 18.4 Å². The van der Waals surface area contributed by atoms with Crippen LogP contribution in [0.5, 0.6) is 5.75 Å². The summed E-state index contributed by atoms with van der Waals surface area (Å²) in [4.78, 5) is 10.6. The lowest BCUT2D eigenvalue weighted by atomic mass is 10.1. The number of phenols is 1. The molecule has 1 aromatic rings. The Bertz CT molecular complexity index is 387. The monoisotopic (exact) mass is 196 g/mol. The Labute approximate surface area is 79.2 Å². The number of aliphatic hydroxyl groups excluding tert-OH is 1. The number of hydrogen-bond acceptors (Lipinski definition) is 4. The van der Waals surface area contributed by atoms with Gasteiger partial charge in [-0.3, -0.25) is 0 Å². The van der Waals surface area contributed by atoms with Crippen molar-refractivity contribution in [3.63, 3.8) is 0 Å². The minimum absolute atomic E-state index is 0.0253. The molecule has 14 heavy (non-hydrogen) atoms. The molecular formula is C9H8O5. The normalized spacial score (nSPS) is 24.6. The molecule has 0 aliphatic carbocycles. The smallest absolute Gasteiger partial charge is 0.335 e. The number of aromatic hydroxyl groups is 1. The van der Waals surface area contributed by atoms with E-state index in [2.05, 4.69) is 0 Å². The van der Waals surface area contributed by atoms with Gasteiger partial charge in [0.05, 0.1) is 5.56 Å². The Morgan fingerprint density at radius 1 is 1.36 bits per heavy atom. The van der Waals surface area contributed by atoms with Crippen LogP contribution in [-0.2, 0) is 4.74 Å². The summed E-state index contributed by atoms with van der Waals surface area (Å²) in [5, 5.41) is 26.8. The fourth-order valence-electron chi connectivity index (χ4n) is 1.27. The summed E-state index contributed by atoms with van der Waals surface area (Å²) in [7, 11) is 0. The molecule has 3 N–H and O–H groups in total. The van der Waals surface area contributed by atoms with Crippen LogP contribution >= 0.6 is 0 Å². The third kappa shape index (κ3) is 1.55. The molecule has 0 radical (unpaired) electrons. The third-order valence-electron chi connectivity index (χ3n) is 1.98. The molecule has 2 rings (SSSR count). The predicted octanol–water partition coefficient (Wildman–Crippen LogP) is 0.480. The van der Waals surface area contributed by atoms with Crippen LogP contribution in [0.2, 0.25) is 0 Å². The second-order valence-corrected chi connectivity index (χ2v) is 3.07. The van der Waals surface area contributed by atoms with Crippen LogP contribution in [0.1, 0.15) is 22.0 Å². The summed E-state index contributed by atoms with van der Waals surface area (Å²) < 4.78 is 4.74. The van der Waals surface area contributed by atoms with Gasteiger partial charge in [-0.2, -0.15) is 0 Å². The van der Waals surface area contributed by atoms with Gasteiger partial charge >= 0.3 is 5.97 Å². The van der Waals surface area contributed by atoms with E-state index in [-0.39, 0.29) is 11.3 Å². The molecule has 0 spiro atoms. The largest absolute Gasteiger partial charge is 0.508 e.